The Hall–Kier alpha value is -4.55. The maximum absolute atomic E-state index is 12.6. The van der Waals surface area contributed by atoms with E-state index >= 15 is 0 Å². The van der Waals surface area contributed by atoms with Crippen molar-refractivity contribution in [1.82, 2.24) is 10.3 Å². The molecule has 1 aliphatic heterocycles. The highest BCUT2D eigenvalue weighted by Gasteiger charge is 2.50. The summed E-state index contributed by atoms with van der Waals surface area (Å²) in [5.74, 6) is -1.84. The third kappa shape index (κ3) is 11.6. The molecule has 2 aliphatic carbocycles. The van der Waals surface area contributed by atoms with Crippen molar-refractivity contribution >= 4 is 5.97 Å². The summed E-state index contributed by atoms with van der Waals surface area (Å²) >= 11 is 0. The van der Waals surface area contributed by atoms with Gasteiger partial charge in [-0.1, -0.05) is 94.0 Å². The molecule has 0 saturated heterocycles. The molecule has 3 aromatic rings. The van der Waals surface area contributed by atoms with Gasteiger partial charge in [0.1, 0.15) is 11.5 Å². The molecule has 2 heterocycles. The molecule has 11 nitrogen and oxygen atoms in total. The lowest BCUT2D eigenvalue weighted by atomic mass is 9.79. The summed E-state index contributed by atoms with van der Waals surface area (Å²) in [6.45, 7) is 2.79. The Kier molecular flexibility index (Phi) is 15.6. The second kappa shape index (κ2) is 20.8. The van der Waals surface area contributed by atoms with E-state index in [4.69, 9.17) is 5.73 Å². The number of aromatic hydroxyl groups is 2. The lowest BCUT2D eigenvalue weighted by Crippen LogP contribution is -2.39. The second-order valence-electron chi connectivity index (χ2n) is 17.8. The largest absolute Gasteiger partial charge is 0.508 e. The number of hydrogen-bond acceptors (Lipinski definition) is 9. The van der Waals surface area contributed by atoms with Crippen molar-refractivity contribution in [1.29, 1.82) is 0 Å². The smallest absolute Gasteiger partial charge is 0.309 e. The average Bonchev–Trinajstić information content (AvgIpc) is 3.80. The molecule has 0 radical (unpaired) electrons. The monoisotopic (exact) mass is 825 g/mol. The minimum Gasteiger partial charge on any atom is -0.508 e. The lowest BCUT2D eigenvalue weighted by Gasteiger charge is -2.34. The number of aliphatic hydroxyl groups excluding tert-OH is 3. The van der Waals surface area contributed by atoms with Crippen molar-refractivity contribution in [3.05, 3.63) is 96.0 Å². The molecule has 0 spiro atoms. The van der Waals surface area contributed by atoms with Crippen molar-refractivity contribution in [2.75, 3.05) is 6.54 Å². The van der Waals surface area contributed by atoms with Crippen LogP contribution in [0.3, 0.4) is 0 Å². The molecular weight excluding hydrogens is 759 g/mol. The first kappa shape index (κ1) is 45.0. The first-order chi connectivity index (χ1) is 28.8. The number of hydrogen-bond donors (Lipinski definition) is 10. The van der Waals surface area contributed by atoms with Crippen molar-refractivity contribution in [2.24, 2.45) is 35.3 Å². The molecule has 6 rings (SSSR count). The standard InChI is InChI=1S/C49H67N3O8/c1-2-3-6-11-31-16-17-35(44(56)24-31)14-9-5-10-15-39(48(58)59)43(55)18-20-49(60)30-33(22-32-19-21-51-45(50)25-32)23-41(49)47(57)42-29-40(34-12-7-4-8-13-34)46(52-42)36-26-37(53)28-38(54)27-36/h4,7-8,12-13,16-17,19,25-29,31,33,35,39,41,43-44,47,51-57,60H,2-3,5-6,9-11,14-15,18,20-24,30,50H2,1H3,(H,58,59)/t31-,33-,35-,39+,41+,43-,44-,47+,49+/m1/s1. The first-order valence-corrected chi connectivity index (χ1v) is 22.2. The van der Waals surface area contributed by atoms with Gasteiger partial charge in [0.15, 0.2) is 0 Å². The molecular formula is C49H67N3O8. The van der Waals surface area contributed by atoms with E-state index in [0.717, 1.165) is 48.8 Å². The summed E-state index contributed by atoms with van der Waals surface area (Å²) < 4.78 is 0. The van der Waals surface area contributed by atoms with Crippen LogP contribution >= 0.6 is 0 Å². The van der Waals surface area contributed by atoms with Gasteiger partial charge in [0.05, 0.1) is 41.3 Å². The van der Waals surface area contributed by atoms with Crippen molar-refractivity contribution in [2.45, 2.75) is 127 Å². The minimum absolute atomic E-state index is 0.0222. The van der Waals surface area contributed by atoms with Crippen molar-refractivity contribution in [3.63, 3.8) is 0 Å². The van der Waals surface area contributed by atoms with Crippen LogP contribution in [0.2, 0.25) is 0 Å². The molecule has 326 valence electrons. The Morgan fingerprint density at radius 3 is 2.37 bits per heavy atom. The Balaban J connectivity index is 1.14. The van der Waals surface area contributed by atoms with Gasteiger partial charge in [0.2, 0.25) is 0 Å². The number of H-pyrrole nitrogens is 1. The number of unbranched alkanes of at least 4 members (excludes halogenated alkanes) is 4. The van der Waals surface area contributed by atoms with Gasteiger partial charge in [-0.25, -0.2) is 0 Å². The molecule has 60 heavy (non-hydrogen) atoms. The number of benzene rings is 2. The van der Waals surface area contributed by atoms with Crippen LogP contribution in [-0.2, 0) is 4.79 Å². The maximum atomic E-state index is 12.6. The first-order valence-electron chi connectivity index (χ1n) is 22.2. The highest BCUT2D eigenvalue weighted by Crippen LogP contribution is 2.51. The van der Waals surface area contributed by atoms with Crippen LogP contribution in [0, 0.1) is 29.6 Å². The molecule has 1 saturated carbocycles. The third-order valence-corrected chi connectivity index (χ3v) is 13.3. The van der Waals surface area contributed by atoms with Gasteiger partial charge in [0, 0.05) is 41.3 Å². The summed E-state index contributed by atoms with van der Waals surface area (Å²) in [4.78, 5) is 15.9. The Morgan fingerprint density at radius 2 is 1.67 bits per heavy atom. The van der Waals surface area contributed by atoms with E-state index in [1.165, 1.54) is 37.5 Å². The number of phenols is 2. The number of carbonyl (C=O) groups is 1. The van der Waals surface area contributed by atoms with Gasteiger partial charge in [0.25, 0.3) is 0 Å². The van der Waals surface area contributed by atoms with Gasteiger partial charge in [-0.05, 0) is 105 Å². The fourth-order valence-electron chi connectivity index (χ4n) is 10.1. The Bertz CT molecular complexity index is 1940. The summed E-state index contributed by atoms with van der Waals surface area (Å²) in [6.07, 6.45) is 16.2. The predicted octanol–water partition coefficient (Wildman–Crippen LogP) is 8.20. The molecule has 11 heteroatoms. The molecule has 2 aromatic carbocycles. The zero-order valence-electron chi connectivity index (χ0n) is 35.1. The van der Waals surface area contributed by atoms with E-state index in [1.54, 1.807) is 0 Å². The number of aliphatic hydroxyl groups is 4. The number of aliphatic carboxylic acids is 1. The van der Waals surface area contributed by atoms with Gasteiger partial charge in [-0.15, -0.1) is 0 Å². The third-order valence-electron chi connectivity index (χ3n) is 13.3. The highest BCUT2D eigenvalue weighted by molar-refractivity contribution is 5.83. The summed E-state index contributed by atoms with van der Waals surface area (Å²) in [5.41, 5.74) is 8.83. The van der Waals surface area contributed by atoms with Gasteiger partial charge in [-0.2, -0.15) is 0 Å². The number of phenolic OH excluding ortho intramolecular Hbond substituents is 2. The van der Waals surface area contributed by atoms with E-state index in [-0.39, 0.29) is 42.3 Å². The number of aromatic nitrogens is 1. The lowest BCUT2D eigenvalue weighted by molar-refractivity contribution is -0.147. The van der Waals surface area contributed by atoms with Gasteiger partial charge >= 0.3 is 5.97 Å². The van der Waals surface area contributed by atoms with Crippen molar-refractivity contribution < 1.29 is 40.5 Å². The molecule has 11 N–H and O–H groups in total. The molecule has 3 aliphatic rings. The zero-order valence-corrected chi connectivity index (χ0v) is 35.1. The second-order valence-corrected chi connectivity index (χ2v) is 17.8. The Labute approximate surface area is 354 Å². The van der Waals surface area contributed by atoms with Crippen LogP contribution < -0.4 is 11.1 Å². The minimum atomic E-state index is -1.43. The SMILES string of the molecule is CCCCC[C@@H]1C=C[C@@H](CCCCC[C@H](C(=O)O)[C@H](O)CC[C@]2(O)C[C@H](CC3=CCNC(N)=C3)C[C@H]2[C@H](O)c2cc(-c3ccccc3)c(-c3cc(O)cc(O)c3)[nH]2)[C@H](O)C1. The topological polar surface area (TPSA) is 213 Å². The maximum Gasteiger partial charge on any atom is 0.309 e. The molecule has 0 bridgehead atoms. The van der Waals surface area contributed by atoms with Gasteiger partial charge in [-0.3, -0.25) is 4.79 Å². The number of nitrogens with one attached hydrogen (secondary N) is 2. The molecule has 0 unspecified atom stereocenters. The Morgan fingerprint density at radius 1 is 0.917 bits per heavy atom. The molecule has 1 fully saturated rings. The molecule has 9 atom stereocenters. The number of carboxylic acid groups (broad SMARTS) is 1. The number of aromatic amines is 1. The van der Waals surface area contributed by atoms with Crippen LogP contribution in [0.15, 0.2) is 90.3 Å². The summed E-state index contributed by atoms with van der Waals surface area (Å²) in [6, 6.07) is 15.7. The van der Waals surface area contributed by atoms with Crippen molar-refractivity contribution in [3.8, 4) is 33.9 Å². The van der Waals surface area contributed by atoms with Crippen LogP contribution in [0.5, 0.6) is 11.5 Å². The van der Waals surface area contributed by atoms with E-state index in [0.29, 0.717) is 67.3 Å². The quantitative estimate of drug-likeness (QED) is 0.0367. The van der Waals surface area contributed by atoms with E-state index in [9.17, 15) is 40.5 Å². The molecule has 1 aromatic heterocycles. The van der Waals surface area contributed by atoms with E-state index in [1.807, 2.05) is 42.5 Å². The van der Waals surface area contributed by atoms with Gasteiger partial charge < -0.3 is 51.8 Å². The summed E-state index contributed by atoms with van der Waals surface area (Å²) in [7, 11) is 0. The average molecular weight is 826 g/mol. The van der Waals surface area contributed by atoms with Crippen LogP contribution in [0.25, 0.3) is 22.4 Å². The fraction of sp³-hybridized carbons (Fsp3) is 0.531. The van der Waals surface area contributed by atoms with E-state index < -0.39 is 35.6 Å². The number of nitrogens with two attached hydrogens (primary N) is 1. The van der Waals surface area contributed by atoms with Crippen LogP contribution in [-0.4, -0.2) is 71.1 Å². The van der Waals surface area contributed by atoms with Crippen LogP contribution in [0.1, 0.15) is 115 Å². The van der Waals surface area contributed by atoms with Crippen LogP contribution in [0.4, 0.5) is 0 Å². The normalized spacial score (nSPS) is 25.6. The van der Waals surface area contributed by atoms with E-state index in [2.05, 4.69) is 35.5 Å². The number of carboxylic acids is 1. The highest BCUT2D eigenvalue weighted by atomic mass is 16.4. The zero-order chi connectivity index (χ0) is 42.8. The molecule has 0 amide bonds. The number of rotatable bonds is 21. The number of allylic oxidation sites excluding steroid dienone is 3. The predicted molar refractivity (Wildman–Crippen MR) is 234 cm³/mol. The number of dihydropyridines is 1. The summed E-state index contributed by atoms with van der Waals surface area (Å²) in [5, 5.41) is 81.0. The fourth-order valence-corrected chi connectivity index (χ4v) is 10.1.